The number of carbonyl (C=O) groups is 1. The molecule has 1 fully saturated rings. The van der Waals surface area contributed by atoms with Crippen LogP contribution in [0.15, 0.2) is 0 Å². The Morgan fingerprint density at radius 2 is 2.16 bits per heavy atom. The average molecular weight is 287 g/mol. The minimum atomic E-state index is -3.07. The summed E-state index contributed by atoms with van der Waals surface area (Å²) >= 11 is 0. The van der Waals surface area contributed by atoms with E-state index in [4.69, 9.17) is 4.74 Å². The van der Waals surface area contributed by atoms with Crippen molar-refractivity contribution in [3.8, 4) is 0 Å². The van der Waals surface area contributed by atoms with Crippen LogP contribution in [0, 0.1) is 0 Å². The molecule has 0 radical (unpaired) electrons. The summed E-state index contributed by atoms with van der Waals surface area (Å²) in [4.78, 5) is 11.8. The molecule has 1 aliphatic carbocycles. The van der Waals surface area contributed by atoms with E-state index in [1.807, 2.05) is 0 Å². The number of ether oxygens (including phenoxy) is 1. The van der Waals surface area contributed by atoms with Crippen LogP contribution < -0.4 is 0 Å². The lowest BCUT2D eigenvalue weighted by Crippen LogP contribution is -2.15. The van der Waals surface area contributed by atoms with Gasteiger partial charge in [0.2, 0.25) is 0 Å². The first-order chi connectivity index (χ1) is 8.92. The topological polar surface area (TPSA) is 91.2 Å². The molecule has 1 aromatic heterocycles. The Morgan fingerprint density at radius 3 is 2.68 bits per heavy atom. The zero-order valence-corrected chi connectivity index (χ0v) is 11.8. The molecule has 0 unspecified atom stereocenters. The smallest absolute Gasteiger partial charge is 0.360 e. The van der Waals surface area contributed by atoms with Crippen molar-refractivity contribution in [3.63, 3.8) is 0 Å². The third kappa shape index (κ3) is 3.52. The molecule has 0 spiro atoms. The number of sulfone groups is 1. The molecule has 1 aliphatic rings. The van der Waals surface area contributed by atoms with Crippen LogP contribution in [-0.4, -0.2) is 48.0 Å². The molecule has 0 aromatic carbocycles. The van der Waals surface area contributed by atoms with Crippen LogP contribution in [0.5, 0.6) is 0 Å². The van der Waals surface area contributed by atoms with Gasteiger partial charge in [-0.05, 0) is 19.8 Å². The Morgan fingerprint density at radius 1 is 1.47 bits per heavy atom. The molecule has 0 saturated heterocycles. The Labute approximate surface area is 111 Å². The summed E-state index contributed by atoms with van der Waals surface area (Å²) in [5.41, 5.74) is 0.931. The highest BCUT2D eigenvalue weighted by Gasteiger charge is 2.34. The minimum absolute atomic E-state index is 0.0155. The molecule has 19 heavy (non-hydrogen) atoms. The SMILES string of the molecule is CCOC(=O)c1nnn(CCS(C)(=O)=O)c1C1CC1. The maximum absolute atomic E-state index is 11.8. The van der Waals surface area contributed by atoms with Crippen molar-refractivity contribution < 1.29 is 17.9 Å². The van der Waals surface area contributed by atoms with Gasteiger partial charge in [-0.3, -0.25) is 0 Å². The third-order valence-electron chi connectivity index (χ3n) is 2.88. The second kappa shape index (κ2) is 5.28. The fourth-order valence-corrected chi connectivity index (χ4v) is 2.35. The lowest BCUT2D eigenvalue weighted by molar-refractivity contribution is 0.0518. The number of aromatic nitrogens is 3. The normalized spacial score (nSPS) is 15.5. The summed E-state index contributed by atoms with van der Waals surface area (Å²) in [6.45, 7) is 2.22. The fraction of sp³-hybridized carbons (Fsp3) is 0.727. The Balaban J connectivity index is 2.22. The summed E-state index contributed by atoms with van der Waals surface area (Å²) in [5.74, 6) is -0.262. The van der Waals surface area contributed by atoms with Gasteiger partial charge < -0.3 is 4.74 Å². The summed E-state index contributed by atoms with van der Waals surface area (Å²) in [5, 5.41) is 7.73. The summed E-state index contributed by atoms with van der Waals surface area (Å²) in [6, 6.07) is 0. The van der Waals surface area contributed by atoms with Crippen LogP contribution in [0.1, 0.15) is 41.9 Å². The molecule has 1 heterocycles. The Bertz CT molecular complexity index is 575. The summed E-state index contributed by atoms with van der Waals surface area (Å²) in [7, 11) is -3.07. The summed E-state index contributed by atoms with van der Waals surface area (Å²) < 4.78 is 28.8. The molecule has 8 heteroatoms. The zero-order chi connectivity index (χ0) is 14.0. The number of rotatable bonds is 6. The molecular weight excluding hydrogens is 270 g/mol. The van der Waals surface area contributed by atoms with Crippen LogP contribution >= 0.6 is 0 Å². The zero-order valence-electron chi connectivity index (χ0n) is 11.0. The molecule has 0 amide bonds. The summed E-state index contributed by atoms with van der Waals surface area (Å²) in [6.07, 6.45) is 3.12. The quantitative estimate of drug-likeness (QED) is 0.702. The van der Waals surface area contributed by atoms with Gasteiger partial charge in [-0.2, -0.15) is 0 Å². The highest BCUT2D eigenvalue weighted by atomic mass is 32.2. The average Bonchev–Trinajstić information content (AvgIpc) is 3.05. The Hall–Kier alpha value is -1.44. The van der Waals surface area contributed by atoms with Gasteiger partial charge in [-0.1, -0.05) is 5.21 Å². The number of aryl methyl sites for hydroxylation is 1. The van der Waals surface area contributed by atoms with Gasteiger partial charge in [0.15, 0.2) is 5.69 Å². The van der Waals surface area contributed by atoms with E-state index in [0.29, 0.717) is 5.69 Å². The number of esters is 1. The van der Waals surface area contributed by atoms with Crippen LogP contribution in [0.2, 0.25) is 0 Å². The maximum Gasteiger partial charge on any atom is 0.360 e. The molecular formula is C11H17N3O4S. The van der Waals surface area contributed by atoms with Gasteiger partial charge in [-0.15, -0.1) is 5.10 Å². The molecule has 106 valence electrons. The molecule has 7 nitrogen and oxygen atoms in total. The molecule has 0 N–H and O–H groups in total. The van der Waals surface area contributed by atoms with Crippen molar-refractivity contribution in [2.45, 2.75) is 32.2 Å². The van der Waals surface area contributed by atoms with E-state index in [-0.39, 0.29) is 30.5 Å². The van der Waals surface area contributed by atoms with Crippen molar-refractivity contribution in [1.29, 1.82) is 0 Å². The van der Waals surface area contributed by atoms with Crippen molar-refractivity contribution in [1.82, 2.24) is 15.0 Å². The van der Waals surface area contributed by atoms with Gasteiger partial charge in [0.05, 0.1) is 24.6 Å². The Kier molecular flexibility index (Phi) is 3.88. The van der Waals surface area contributed by atoms with E-state index < -0.39 is 15.8 Å². The number of nitrogens with zero attached hydrogens (tertiary/aromatic N) is 3. The lowest BCUT2D eigenvalue weighted by Gasteiger charge is -2.06. The van der Waals surface area contributed by atoms with Crippen molar-refractivity contribution in [2.75, 3.05) is 18.6 Å². The molecule has 1 aromatic rings. The van der Waals surface area contributed by atoms with Crippen LogP contribution in [0.25, 0.3) is 0 Å². The van der Waals surface area contributed by atoms with Gasteiger partial charge in [0.25, 0.3) is 0 Å². The van der Waals surface area contributed by atoms with Crippen LogP contribution in [0.3, 0.4) is 0 Å². The number of hydrogen-bond donors (Lipinski definition) is 0. The fourth-order valence-electron chi connectivity index (χ4n) is 1.84. The predicted octanol–water partition coefficient (Wildman–Crippen LogP) is 0.377. The third-order valence-corrected chi connectivity index (χ3v) is 3.80. The molecule has 0 bridgehead atoms. The predicted molar refractivity (Wildman–Crippen MR) is 67.7 cm³/mol. The van der Waals surface area contributed by atoms with Crippen LogP contribution in [0.4, 0.5) is 0 Å². The molecule has 0 aliphatic heterocycles. The van der Waals surface area contributed by atoms with E-state index >= 15 is 0 Å². The van der Waals surface area contributed by atoms with Crippen molar-refractivity contribution >= 4 is 15.8 Å². The molecule has 1 saturated carbocycles. The van der Waals surface area contributed by atoms with E-state index in [1.54, 1.807) is 6.92 Å². The van der Waals surface area contributed by atoms with Crippen LogP contribution in [-0.2, 0) is 21.1 Å². The second-order valence-electron chi connectivity index (χ2n) is 4.67. The maximum atomic E-state index is 11.8. The van der Waals surface area contributed by atoms with Crippen molar-refractivity contribution in [2.24, 2.45) is 0 Å². The van der Waals surface area contributed by atoms with E-state index in [0.717, 1.165) is 12.8 Å². The minimum Gasteiger partial charge on any atom is -0.461 e. The number of hydrogen-bond acceptors (Lipinski definition) is 6. The molecule has 2 rings (SSSR count). The first-order valence-corrected chi connectivity index (χ1v) is 8.26. The van der Waals surface area contributed by atoms with Gasteiger partial charge >= 0.3 is 5.97 Å². The standard InChI is InChI=1S/C11H17N3O4S/c1-3-18-11(15)9-10(8-4-5-8)14(13-12-9)6-7-19(2,16)17/h8H,3-7H2,1-2H3. The first-order valence-electron chi connectivity index (χ1n) is 6.20. The largest absolute Gasteiger partial charge is 0.461 e. The lowest BCUT2D eigenvalue weighted by atomic mass is 10.2. The second-order valence-corrected chi connectivity index (χ2v) is 6.93. The van der Waals surface area contributed by atoms with E-state index in [1.165, 1.54) is 10.9 Å². The molecule has 0 atom stereocenters. The first kappa shape index (κ1) is 14.0. The van der Waals surface area contributed by atoms with E-state index in [9.17, 15) is 13.2 Å². The monoisotopic (exact) mass is 287 g/mol. The van der Waals surface area contributed by atoms with Crippen molar-refractivity contribution in [3.05, 3.63) is 11.4 Å². The highest BCUT2D eigenvalue weighted by Crippen LogP contribution is 2.41. The van der Waals surface area contributed by atoms with Gasteiger partial charge in [0.1, 0.15) is 9.84 Å². The highest BCUT2D eigenvalue weighted by molar-refractivity contribution is 7.90. The van der Waals surface area contributed by atoms with Gasteiger partial charge in [0, 0.05) is 12.2 Å². The number of carbonyl (C=O) groups excluding carboxylic acids is 1. The van der Waals surface area contributed by atoms with E-state index in [2.05, 4.69) is 10.3 Å². The van der Waals surface area contributed by atoms with Gasteiger partial charge in [-0.25, -0.2) is 17.9 Å².